The van der Waals surface area contributed by atoms with Gasteiger partial charge in [-0.25, -0.2) is 0 Å². The van der Waals surface area contributed by atoms with Gasteiger partial charge in [0.05, 0.1) is 29.7 Å². The van der Waals surface area contributed by atoms with Crippen LogP contribution in [0.5, 0.6) is 11.5 Å². The number of carbonyl (C=O) groups is 1. The molecule has 1 amide bonds. The number of nitrogens with one attached hydrogen (secondary N) is 2. The maximum absolute atomic E-state index is 12.6. The van der Waals surface area contributed by atoms with Gasteiger partial charge in [-0.15, -0.1) is 0 Å². The van der Waals surface area contributed by atoms with Crippen LogP contribution in [0.3, 0.4) is 0 Å². The molecule has 1 fully saturated rings. The number of nitrogens with zero attached hydrogens (tertiary/aromatic N) is 3. The summed E-state index contributed by atoms with van der Waals surface area (Å²) >= 11 is 0. The van der Waals surface area contributed by atoms with E-state index in [1.807, 2.05) is 19.1 Å². The Bertz CT molecular complexity index is 1060. The molecule has 2 aliphatic heterocycles. The maximum Gasteiger partial charge on any atom is 0.238 e. The molecule has 156 valence electrons. The minimum Gasteiger partial charge on any atom is -0.454 e. The molecule has 9 nitrogen and oxygen atoms in total. The molecule has 0 spiro atoms. The van der Waals surface area contributed by atoms with Crippen LogP contribution in [-0.4, -0.2) is 52.6 Å². The second-order valence-electron chi connectivity index (χ2n) is 7.72. The molecule has 9 heteroatoms. The molecule has 2 N–H and O–H groups in total. The van der Waals surface area contributed by atoms with E-state index in [1.54, 1.807) is 18.3 Å². The number of hydrogen-bond acceptors (Lipinski definition) is 7. The molecule has 2 aliphatic rings. The summed E-state index contributed by atoms with van der Waals surface area (Å²) in [5.41, 5.74) is 3.51. The third kappa shape index (κ3) is 3.76. The van der Waals surface area contributed by atoms with Crippen LogP contribution in [0.4, 0.5) is 5.69 Å². The summed E-state index contributed by atoms with van der Waals surface area (Å²) in [5, 5.41) is 14.3. The highest BCUT2D eigenvalue weighted by molar-refractivity contribution is 5.92. The van der Waals surface area contributed by atoms with Crippen molar-refractivity contribution in [3.63, 3.8) is 0 Å². The quantitative estimate of drug-likeness (QED) is 0.667. The number of benzene rings is 1. The third-order valence-electron chi connectivity index (χ3n) is 5.50. The van der Waals surface area contributed by atoms with Crippen LogP contribution in [-0.2, 0) is 4.79 Å². The Hall–Kier alpha value is -3.33. The summed E-state index contributed by atoms with van der Waals surface area (Å²) in [6, 6.07) is 7.32. The molecular weight excluding hydrogens is 386 g/mol. The molecule has 3 aromatic rings. The van der Waals surface area contributed by atoms with Gasteiger partial charge in [-0.2, -0.15) is 5.10 Å². The fraction of sp³-hybridized carbons (Fsp3) is 0.381. The molecule has 0 aliphatic carbocycles. The molecular formula is C21H23N5O4. The molecule has 1 unspecified atom stereocenters. The highest BCUT2D eigenvalue weighted by Crippen LogP contribution is 2.35. The molecule has 1 aromatic carbocycles. The molecule has 0 saturated carbocycles. The fourth-order valence-corrected chi connectivity index (χ4v) is 4.11. The van der Waals surface area contributed by atoms with Crippen molar-refractivity contribution in [3.8, 4) is 22.8 Å². The van der Waals surface area contributed by atoms with Crippen LogP contribution < -0.4 is 14.8 Å². The van der Waals surface area contributed by atoms with Crippen molar-refractivity contribution in [2.75, 3.05) is 31.7 Å². The number of H-pyrrole nitrogens is 1. The molecule has 0 bridgehead atoms. The van der Waals surface area contributed by atoms with Gasteiger partial charge >= 0.3 is 0 Å². The van der Waals surface area contributed by atoms with Crippen LogP contribution in [0, 0.1) is 6.92 Å². The van der Waals surface area contributed by atoms with Gasteiger partial charge in [0.15, 0.2) is 17.3 Å². The molecule has 5 rings (SSSR count). The van der Waals surface area contributed by atoms with Crippen molar-refractivity contribution < 1.29 is 18.8 Å². The first-order valence-corrected chi connectivity index (χ1v) is 10.0. The van der Waals surface area contributed by atoms with E-state index in [0.717, 1.165) is 42.9 Å². The zero-order valence-electron chi connectivity index (χ0n) is 16.7. The first kappa shape index (κ1) is 18.7. The predicted molar refractivity (Wildman–Crippen MR) is 108 cm³/mol. The number of ether oxygens (including phenoxy) is 2. The first-order chi connectivity index (χ1) is 14.7. The third-order valence-corrected chi connectivity index (χ3v) is 5.50. The molecule has 2 aromatic heterocycles. The van der Waals surface area contributed by atoms with Gasteiger partial charge < -0.3 is 19.3 Å². The molecule has 1 saturated heterocycles. The number of aromatic amines is 1. The highest BCUT2D eigenvalue weighted by Gasteiger charge is 2.27. The Morgan fingerprint density at radius 1 is 1.30 bits per heavy atom. The Kier molecular flexibility index (Phi) is 4.88. The largest absolute Gasteiger partial charge is 0.454 e. The smallest absolute Gasteiger partial charge is 0.238 e. The van der Waals surface area contributed by atoms with Gasteiger partial charge in [-0.05, 0) is 38.4 Å². The van der Waals surface area contributed by atoms with Gasteiger partial charge in [0.25, 0.3) is 0 Å². The zero-order chi connectivity index (χ0) is 20.5. The first-order valence-electron chi connectivity index (χ1n) is 10.0. The standard InChI is InChI=1S/C21H23N5O4/c1-13-7-18(30-25-13)16-9-22-24-21(16)14-3-2-6-26(10-14)11-20(27)23-15-4-5-17-19(8-15)29-12-28-17/h4-5,7-9,14H,2-3,6,10-12H2,1H3,(H,22,24)(H,23,27). The van der Waals surface area contributed by atoms with E-state index in [9.17, 15) is 4.79 Å². The van der Waals surface area contributed by atoms with Gasteiger partial charge in [0.2, 0.25) is 12.7 Å². The summed E-state index contributed by atoms with van der Waals surface area (Å²) in [6.45, 7) is 4.10. The van der Waals surface area contributed by atoms with Crippen molar-refractivity contribution >= 4 is 11.6 Å². The average Bonchev–Trinajstić information content (AvgIpc) is 3.48. The molecule has 4 heterocycles. The summed E-state index contributed by atoms with van der Waals surface area (Å²) in [5.74, 6) is 2.27. The van der Waals surface area contributed by atoms with E-state index in [1.165, 1.54) is 0 Å². The summed E-state index contributed by atoms with van der Waals surface area (Å²) in [4.78, 5) is 14.8. The lowest BCUT2D eigenvalue weighted by Gasteiger charge is -2.32. The topological polar surface area (TPSA) is 106 Å². The monoisotopic (exact) mass is 409 g/mol. The van der Waals surface area contributed by atoms with Crippen molar-refractivity contribution in [2.24, 2.45) is 0 Å². The lowest BCUT2D eigenvalue weighted by molar-refractivity contribution is -0.117. The zero-order valence-corrected chi connectivity index (χ0v) is 16.7. The van der Waals surface area contributed by atoms with Crippen molar-refractivity contribution in [1.82, 2.24) is 20.3 Å². The van der Waals surface area contributed by atoms with Crippen LogP contribution >= 0.6 is 0 Å². The predicted octanol–water partition coefficient (Wildman–Crippen LogP) is 2.92. The van der Waals surface area contributed by atoms with E-state index in [4.69, 9.17) is 14.0 Å². The lowest BCUT2D eigenvalue weighted by atomic mass is 9.92. The second kappa shape index (κ2) is 7.83. The van der Waals surface area contributed by atoms with E-state index in [0.29, 0.717) is 29.5 Å². The Morgan fingerprint density at radius 2 is 2.20 bits per heavy atom. The van der Waals surface area contributed by atoms with E-state index in [-0.39, 0.29) is 18.6 Å². The maximum atomic E-state index is 12.6. The number of piperidine rings is 1. The van der Waals surface area contributed by atoms with Crippen LogP contribution in [0.15, 0.2) is 35.0 Å². The number of hydrogen-bond donors (Lipinski definition) is 2. The van der Waals surface area contributed by atoms with Gasteiger partial charge in [0.1, 0.15) is 0 Å². The number of fused-ring (bicyclic) bond motifs is 1. The average molecular weight is 409 g/mol. The van der Waals surface area contributed by atoms with E-state index < -0.39 is 0 Å². The number of aryl methyl sites for hydroxylation is 1. The summed E-state index contributed by atoms with van der Waals surface area (Å²) in [7, 11) is 0. The van der Waals surface area contributed by atoms with Crippen LogP contribution in [0.2, 0.25) is 0 Å². The number of amides is 1. The fourth-order valence-electron chi connectivity index (χ4n) is 4.11. The summed E-state index contributed by atoms with van der Waals surface area (Å²) < 4.78 is 16.1. The number of likely N-dealkylation sites (tertiary alicyclic amines) is 1. The van der Waals surface area contributed by atoms with Crippen molar-refractivity contribution in [1.29, 1.82) is 0 Å². The molecule has 1 atom stereocenters. The molecule has 30 heavy (non-hydrogen) atoms. The van der Waals surface area contributed by atoms with Gasteiger partial charge in [-0.3, -0.25) is 14.8 Å². The number of aromatic nitrogens is 3. The lowest BCUT2D eigenvalue weighted by Crippen LogP contribution is -2.40. The van der Waals surface area contributed by atoms with E-state index >= 15 is 0 Å². The summed E-state index contributed by atoms with van der Waals surface area (Å²) in [6.07, 6.45) is 3.82. The second-order valence-corrected chi connectivity index (χ2v) is 7.72. The number of anilines is 1. The Morgan fingerprint density at radius 3 is 3.07 bits per heavy atom. The number of rotatable bonds is 5. The van der Waals surface area contributed by atoms with E-state index in [2.05, 4.69) is 25.6 Å². The van der Waals surface area contributed by atoms with Crippen LogP contribution in [0.25, 0.3) is 11.3 Å². The Labute approximate surface area is 173 Å². The Balaban J connectivity index is 1.23. The van der Waals surface area contributed by atoms with Gasteiger partial charge in [0, 0.05) is 30.3 Å². The van der Waals surface area contributed by atoms with Crippen LogP contribution in [0.1, 0.15) is 30.1 Å². The van der Waals surface area contributed by atoms with Gasteiger partial charge in [-0.1, -0.05) is 5.16 Å². The highest BCUT2D eigenvalue weighted by atomic mass is 16.7. The normalized spacial score (nSPS) is 18.5. The SMILES string of the molecule is Cc1cc(-c2cn[nH]c2C2CCCN(CC(=O)Nc3ccc4c(c3)OCO4)C2)on1. The minimum atomic E-state index is -0.0507. The van der Waals surface area contributed by atoms with Crippen molar-refractivity contribution in [2.45, 2.75) is 25.7 Å². The molecule has 0 radical (unpaired) electrons. The minimum absolute atomic E-state index is 0.0507. The number of carbonyl (C=O) groups excluding carboxylic acids is 1. The van der Waals surface area contributed by atoms with Crippen molar-refractivity contribution in [3.05, 3.63) is 41.9 Å².